The SMILES string of the molecule is CC(C)=c1ccccc1=C(C)C.OO. The first-order valence-corrected chi connectivity index (χ1v) is 4.53. The van der Waals surface area contributed by atoms with Gasteiger partial charge in [0.1, 0.15) is 0 Å². The molecule has 2 heteroatoms. The van der Waals surface area contributed by atoms with Gasteiger partial charge in [-0.05, 0) is 38.1 Å². The summed E-state index contributed by atoms with van der Waals surface area (Å²) in [6, 6.07) is 8.54. The van der Waals surface area contributed by atoms with E-state index >= 15 is 0 Å². The minimum Gasteiger partial charge on any atom is -0.255 e. The maximum absolute atomic E-state index is 6.00. The van der Waals surface area contributed by atoms with Crippen molar-refractivity contribution in [2.75, 3.05) is 0 Å². The van der Waals surface area contributed by atoms with E-state index in [9.17, 15) is 0 Å². The first-order valence-electron chi connectivity index (χ1n) is 4.53. The smallest absolute Gasteiger partial charge is 0.0198 e. The summed E-state index contributed by atoms with van der Waals surface area (Å²) in [5.74, 6) is 0. The molecule has 0 unspecified atom stereocenters. The van der Waals surface area contributed by atoms with Crippen LogP contribution in [-0.4, -0.2) is 10.5 Å². The van der Waals surface area contributed by atoms with Gasteiger partial charge in [0.2, 0.25) is 0 Å². The van der Waals surface area contributed by atoms with E-state index in [-0.39, 0.29) is 0 Å². The Morgan fingerprint density at radius 2 is 1.07 bits per heavy atom. The lowest BCUT2D eigenvalue weighted by molar-refractivity contribution is -0.176. The molecule has 0 saturated heterocycles. The van der Waals surface area contributed by atoms with E-state index in [0.29, 0.717) is 0 Å². The fourth-order valence-electron chi connectivity index (χ4n) is 1.36. The van der Waals surface area contributed by atoms with Crippen molar-refractivity contribution in [1.29, 1.82) is 0 Å². The Bertz CT molecular complexity index is 344. The highest BCUT2D eigenvalue weighted by Gasteiger charge is 1.87. The molecule has 0 heterocycles. The average molecular weight is 194 g/mol. The number of hydrogen-bond acceptors (Lipinski definition) is 2. The Morgan fingerprint density at radius 3 is 1.29 bits per heavy atom. The number of rotatable bonds is 0. The summed E-state index contributed by atoms with van der Waals surface area (Å²) in [6.07, 6.45) is 0. The van der Waals surface area contributed by atoms with Gasteiger partial charge in [-0.25, -0.2) is 0 Å². The lowest BCUT2D eigenvalue weighted by Crippen LogP contribution is -2.26. The van der Waals surface area contributed by atoms with Crippen LogP contribution in [0.1, 0.15) is 27.7 Å². The van der Waals surface area contributed by atoms with Crippen molar-refractivity contribution < 1.29 is 10.5 Å². The van der Waals surface area contributed by atoms with Gasteiger partial charge in [-0.1, -0.05) is 35.4 Å². The normalized spacial score (nSPS) is 8.71. The average Bonchev–Trinajstić information content (AvgIpc) is 2.20. The van der Waals surface area contributed by atoms with E-state index in [0.717, 1.165) is 0 Å². The molecule has 14 heavy (non-hydrogen) atoms. The van der Waals surface area contributed by atoms with E-state index < -0.39 is 0 Å². The van der Waals surface area contributed by atoms with Gasteiger partial charge >= 0.3 is 0 Å². The van der Waals surface area contributed by atoms with Gasteiger partial charge in [0, 0.05) is 0 Å². The second kappa shape index (κ2) is 6.35. The molecule has 2 N–H and O–H groups in total. The van der Waals surface area contributed by atoms with Crippen LogP contribution in [0.15, 0.2) is 24.3 Å². The number of hydrogen-bond donors (Lipinski definition) is 2. The zero-order valence-electron chi connectivity index (χ0n) is 9.20. The Balaban J connectivity index is 0.000000791. The zero-order valence-corrected chi connectivity index (χ0v) is 9.20. The van der Waals surface area contributed by atoms with Crippen molar-refractivity contribution in [3.63, 3.8) is 0 Å². The molecule has 0 spiro atoms. The molecule has 1 aromatic rings. The van der Waals surface area contributed by atoms with Crippen molar-refractivity contribution in [3.8, 4) is 0 Å². The molecule has 1 rings (SSSR count). The van der Waals surface area contributed by atoms with E-state index in [4.69, 9.17) is 10.5 Å². The topological polar surface area (TPSA) is 40.5 Å². The molecule has 0 saturated carbocycles. The summed E-state index contributed by atoms with van der Waals surface area (Å²) in [5, 5.41) is 14.7. The lowest BCUT2D eigenvalue weighted by atomic mass is 10.1. The van der Waals surface area contributed by atoms with Crippen LogP contribution in [0.4, 0.5) is 0 Å². The Labute approximate surface area is 84.8 Å². The monoisotopic (exact) mass is 194 g/mol. The second-order valence-corrected chi connectivity index (χ2v) is 3.55. The highest BCUT2D eigenvalue weighted by atomic mass is 17.0. The Morgan fingerprint density at radius 1 is 0.786 bits per heavy atom. The van der Waals surface area contributed by atoms with E-state index in [1.165, 1.54) is 21.6 Å². The summed E-state index contributed by atoms with van der Waals surface area (Å²) in [6.45, 7) is 8.62. The van der Waals surface area contributed by atoms with E-state index in [2.05, 4.69) is 52.0 Å². The molecule has 1 aromatic carbocycles. The van der Waals surface area contributed by atoms with Crippen molar-refractivity contribution >= 4 is 11.1 Å². The van der Waals surface area contributed by atoms with Gasteiger partial charge in [-0.2, -0.15) is 0 Å². The standard InChI is InChI=1S/C12H16.H2O2/c1-9(2)11-7-5-6-8-12(11)10(3)4;1-2/h5-8H,1-4H3;1-2H. The van der Waals surface area contributed by atoms with Crippen LogP contribution in [0.25, 0.3) is 11.1 Å². The summed E-state index contributed by atoms with van der Waals surface area (Å²) < 4.78 is 0. The van der Waals surface area contributed by atoms with Crippen LogP contribution in [0.2, 0.25) is 0 Å². The highest BCUT2D eigenvalue weighted by molar-refractivity contribution is 5.46. The quantitative estimate of drug-likeness (QED) is 0.490. The second-order valence-electron chi connectivity index (χ2n) is 3.55. The number of benzene rings is 1. The lowest BCUT2D eigenvalue weighted by Gasteiger charge is -1.95. The molecule has 0 atom stereocenters. The predicted molar refractivity (Wildman–Crippen MR) is 60.5 cm³/mol. The fourth-order valence-corrected chi connectivity index (χ4v) is 1.36. The minimum absolute atomic E-state index is 1.37. The molecule has 0 radical (unpaired) electrons. The van der Waals surface area contributed by atoms with Crippen LogP contribution in [-0.2, 0) is 0 Å². The summed E-state index contributed by atoms with van der Waals surface area (Å²) in [4.78, 5) is 0. The third kappa shape index (κ3) is 3.32. The molecule has 78 valence electrons. The van der Waals surface area contributed by atoms with Gasteiger partial charge in [-0.3, -0.25) is 10.5 Å². The van der Waals surface area contributed by atoms with Gasteiger partial charge in [0.25, 0.3) is 0 Å². The van der Waals surface area contributed by atoms with Crippen LogP contribution in [0.5, 0.6) is 0 Å². The zero-order chi connectivity index (χ0) is 11.1. The molecule has 0 fully saturated rings. The van der Waals surface area contributed by atoms with Crippen molar-refractivity contribution in [2.45, 2.75) is 27.7 Å². The summed E-state index contributed by atoms with van der Waals surface area (Å²) >= 11 is 0. The first kappa shape index (κ1) is 12.9. The molecule has 0 aliphatic rings. The van der Waals surface area contributed by atoms with Gasteiger partial charge in [0.05, 0.1) is 0 Å². The largest absolute Gasteiger partial charge is 0.255 e. The highest BCUT2D eigenvalue weighted by Crippen LogP contribution is 1.87. The molecule has 0 amide bonds. The van der Waals surface area contributed by atoms with Crippen molar-refractivity contribution in [1.82, 2.24) is 0 Å². The van der Waals surface area contributed by atoms with Gasteiger partial charge < -0.3 is 0 Å². The van der Waals surface area contributed by atoms with Crippen molar-refractivity contribution in [2.24, 2.45) is 0 Å². The molecular formula is C12H18O2. The van der Waals surface area contributed by atoms with Crippen LogP contribution >= 0.6 is 0 Å². The van der Waals surface area contributed by atoms with E-state index in [1.807, 2.05) is 0 Å². The molecular weight excluding hydrogens is 176 g/mol. The van der Waals surface area contributed by atoms with Crippen molar-refractivity contribution in [3.05, 3.63) is 34.7 Å². The van der Waals surface area contributed by atoms with E-state index in [1.54, 1.807) is 0 Å². The molecule has 0 aliphatic heterocycles. The molecule has 0 bridgehead atoms. The first-order chi connectivity index (χ1) is 6.63. The molecule has 0 aliphatic carbocycles. The van der Waals surface area contributed by atoms with Gasteiger partial charge in [-0.15, -0.1) is 0 Å². The molecule has 2 nitrogen and oxygen atoms in total. The third-order valence-corrected chi connectivity index (χ3v) is 2.00. The van der Waals surface area contributed by atoms with Gasteiger partial charge in [0.15, 0.2) is 0 Å². The van der Waals surface area contributed by atoms with Crippen LogP contribution < -0.4 is 10.4 Å². The fraction of sp³-hybridized carbons (Fsp3) is 0.333. The maximum atomic E-state index is 6.00. The summed E-state index contributed by atoms with van der Waals surface area (Å²) in [7, 11) is 0. The summed E-state index contributed by atoms with van der Waals surface area (Å²) in [5.41, 5.74) is 2.76. The Hall–Kier alpha value is -1.12. The maximum Gasteiger partial charge on any atom is -0.0198 e. The predicted octanol–water partition coefficient (Wildman–Crippen LogP) is 2.08. The van der Waals surface area contributed by atoms with Crippen LogP contribution in [0, 0.1) is 0 Å². The minimum atomic E-state index is 1.37. The Kier molecular flexibility index (Phi) is 5.84. The molecule has 0 aromatic heterocycles. The third-order valence-electron chi connectivity index (χ3n) is 2.00. The van der Waals surface area contributed by atoms with Crippen LogP contribution in [0.3, 0.4) is 0 Å².